The number of allylic oxidation sites excluding steroid dienone is 1. The Kier molecular flexibility index (Phi) is 1.77. The summed E-state index contributed by atoms with van der Waals surface area (Å²) in [4.78, 5) is 0. The van der Waals surface area contributed by atoms with Crippen molar-refractivity contribution in [2.24, 2.45) is 0 Å². The van der Waals surface area contributed by atoms with Gasteiger partial charge in [0.2, 0.25) is 0 Å². The second-order valence-electron chi connectivity index (χ2n) is 3.20. The van der Waals surface area contributed by atoms with Crippen LogP contribution in [0.2, 0.25) is 0 Å². The van der Waals surface area contributed by atoms with E-state index >= 15 is 0 Å². The van der Waals surface area contributed by atoms with Crippen LogP contribution in [-0.4, -0.2) is 5.11 Å². The van der Waals surface area contributed by atoms with E-state index in [-0.39, 0.29) is 0 Å². The Morgan fingerprint density at radius 3 is 3.00 bits per heavy atom. The van der Waals surface area contributed by atoms with Crippen LogP contribution in [0.15, 0.2) is 35.0 Å². The molecule has 64 valence electrons. The van der Waals surface area contributed by atoms with Crippen molar-refractivity contribution in [3.8, 4) is 0 Å². The molecule has 0 saturated heterocycles. The summed E-state index contributed by atoms with van der Waals surface area (Å²) in [6.45, 7) is 0. The first kappa shape index (κ1) is 7.62. The van der Waals surface area contributed by atoms with Gasteiger partial charge < -0.3 is 9.52 Å². The molecule has 0 fully saturated rings. The van der Waals surface area contributed by atoms with Crippen LogP contribution < -0.4 is 0 Å². The first-order valence-electron chi connectivity index (χ1n) is 4.25. The van der Waals surface area contributed by atoms with E-state index in [0.717, 1.165) is 19.3 Å². The molecule has 1 aliphatic carbocycles. The summed E-state index contributed by atoms with van der Waals surface area (Å²) in [7, 11) is 0. The molecule has 0 amide bonds. The van der Waals surface area contributed by atoms with Crippen LogP contribution in [0.1, 0.15) is 25.0 Å². The molecule has 1 aliphatic rings. The zero-order valence-corrected chi connectivity index (χ0v) is 6.86. The molecule has 2 heteroatoms. The molecule has 0 spiro atoms. The monoisotopic (exact) mass is 164 g/mol. The predicted molar refractivity (Wildman–Crippen MR) is 45.6 cm³/mol. The highest BCUT2D eigenvalue weighted by atomic mass is 16.4. The van der Waals surface area contributed by atoms with Gasteiger partial charge in [0.1, 0.15) is 11.4 Å². The van der Waals surface area contributed by atoms with Gasteiger partial charge in [0.15, 0.2) is 0 Å². The quantitative estimate of drug-likeness (QED) is 0.645. The first-order chi connectivity index (χ1) is 5.81. The third-order valence-corrected chi connectivity index (χ3v) is 2.27. The van der Waals surface area contributed by atoms with Gasteiger partial charge in [-0.05, 0) is 37.5 Å². The third kappa shape index (κ3) is 1.18. The van der Waals surface area contributed by atoms with Crippen LogP contribution in [0.4, 0.5) is 0 Å². The lowest BCUT2D eigenvalue weighted by Crippen LogP contribution is -2.23. The van der Waals surface area contributed by atoms with Crippen molar-refractivity contribution in [3.63, 3.8) is 0 Å². The van der Waals surface area contributed by atoms with Crippen molar-refractivity contribution in [2.75, 3.05) is 0 Å². The summed E-state index contributed by atoms with van der Waals surface area (Å²) in [5, 5.41) is 10.1. The van der Waals surface area contributed by atoms with Gasteiger partial charge in [-0.2, -0.15) is 0 Å². The van der Waals surface area contributed by atoms with Gasteiger partial charge in [0, 0.05) is 0 Å². The van der Waals surface area contributed by atoms with Crippen LogP contribution in [-0.2, 0) is 5.60 Å². The van der Waals surface area contributed by atoms with Gasteiger partial charge in [-0.15, -0.1) is 0 Å². The SMILES string of the molecule is OC1(c2ccco2)C=CCCC1. The van der Waals surface area contributed by atoms with Crippen LogP contribution in [0.25, 0.3) is 0 Å². The molecule has 1 N–H and O–H groups in total. The largest absolute Gasteiger partial charge is 0.466 e. The van der Waals surface area contributed by atoms with Crippen molar-refractivity contribution >= 4 is 0 Å². The van der Waals surface area contributed by atoms with Crippen molar-refractivity contribution in [3.05, 3.63) is 36.3 Å². The van der Waals surface area contributed by atoms with E-state index in [0.29, 0.717) is 5.76 Å². The number of aliphatic hydroxyl groups is 1. The Labute approximate surface area is 71.5 Å². The Bertz CT molecular complexity index is 274. The molecular weight excluding hydrogens is 152 g/mol. The number of hydrogen-bond acceptors (Lipinski definition) is 2. The Morgan fingerprint density at radius 1 is 1.50 bits per heavy atom. The normalized spacial score (nSPS) is 29.1. The fourth-order valence-corrected chi connectivity index (χ4v) is 1.58. The van der Waals surface area contributed by atoms with E-state index in [1.807, 2.05) is 18.2 Å². The number of furan rings is 1. The lowest BCUT2D eigenvalue weighted by Gasteiger charge is -2.24. The zero-order valence-electron chi connectivity index (χ0n) is 6.86. The molecule has 0 aromatic carbocycles. The molecule has 0 aliphatic heterocycles. The molecule has 1 unspecified atom stereocenters. The fourth-order valence-electron chi connectivity index (χ4n) is 1.58. The van der Waals surface area contributed by atoms with Crippen LogP contribution in [0.3, 0.4) is 0 Å². The second-order valence-corrected chi connectivity index (χ2v) is 3.20. The molecule has 2 rings (SSSR count). The van der Waals surface area contributed by atoms with Gasteiger partial charge in [-0.1, -0.05) is 6.08 Å². The van der Waals surface area contributed by atoms with Crippen molar-refractivity contribution in [1.82, 2.24) is 0 Å². The molecular formula is C10H12O2. The highest BCUT2D eigenvalue weighted by Gasteiger charge is 2.29. The molecule has 1 aromatic heterocycles. The average molecular weight is 164 g/mol. The highest BCUT2D eigenvalue weighted by molar-refractivity contribution is 5.19. The summed E-state index contributed by atoms with van der Waals surface area (Å²) < 4.78 is 5.17. The summed E-state index contributed by atoms with van der Waals surface area (Å²) >= 11 is 0. The maximum Gasteiger partial charge on any atom is 0.140 e. The van der Waals surface area contributed by atoms with Gasteiger partial charge >= 0.3 is 0 Å². The Balaban J connectivity index is 2.31. The van der Waals surface area contributed by atoms with Crippen LogP contribution in [0, 0.1) is 0 Å². The van der Waals surface area contributed by atoms with E-state index in [1.165, 1.54) is 0 Å². The summed E-state index contributed by atoms with van der Waals surface area (Å²) in [5.74, 6) is 0.651. The smallest absolute Gasteiger partial charge is 0.140 e. The molecule has 12 heavy (non-hydrogen) atoms. The van der Waals surface area contributed by atoms with E-state index in [1.54, 1.807) is 12.3 Å². The van der Waals surface area contributed by atoms with Crippen LogP contribution >= 0.6 is 0 Å². The summed E-state index contributed by atoms with van der Waals surface area (Å²) in [5.41, 5.74) is -0.845. The van der Waals surface area contributed by atoms with Crippen molar-refractivity contribution in [1.29, 1.82) is 0 Å². The van der Waals surface area contributed by atoms with Gasteiger partial charge in [-0.25, -0.2) is 0 Å². The Morgan fingerprint density at radius 2 is 2.42 bits per heavy atom. The lowest BCUT2D eigenvalue weighted by molar-refractivity contribution is 0.0494. The van der Waals surface area contributed by atoms with Gasteiger partial charge in [-0.3, -0.25) is 0 Å². The molecule has 0 bridgehead atoms. The maximum absolute atomic E-state index is 10.1. The predicted octanol–water partition coefficient (Wildman–Crippen LogP) is 2.21. The average Bonchev–Trinajstić information content (AvgIpc) is 2.58. The second kappa shape index (κ2) is 2.79. The van der Waals surface area contributed by atoms with E-state index in [2.05, 4.69) is 0 Å². The molecule has 0 saturated carbocycles. The highest BCUT2D eigenvalue weighted by Crippen LogP contribution is 2.32. The molecule has 1 atom stereocenters. The molecule has 1 aromatic rings. The lowest BCUT2D eigenvalue weighted by atomic mass is 9.89. The fraction of sp³-hybridized carbons (Fsp3) is 0.400. The summed E-state index contributed by atoms with van der Waals surface area (Å²) in [6, 6.07) is 3.62. The number of hydrogen-bond donors (Lipinski definition) is 1. The molecule has 0 radical (unpaired) electrons. The minimum Gasteiger partial charge on any atom is -0.466 e. The number of rotatable bonds is 1. The van der Waals surface area contributed by atoms with Gasteiger partial charge in [0.25, 0.3) is 0 Å². The zero-order chi connectivity index (χ0) is 8.44. The first-order valence-corrected chi connectivity index (χ1v) is 4.25. The van der Waals surface area contributed by atoms with Crippen molar-refractivity contribution < 1.29 is 9.52 Å². The Hall–Kier alpha value is -1.02. The van der Waals surface area contributed by atoms with Crippen molar-refractivity contribution in [2.45, 2.75) is 24.9 Å². The molecule has 1 heterocycles. The van der Waals surface area contributed by atoms with E-state index < -0.39 is 5.60 Å². The van der Waals surface area contributed by atoms with E-state index in [9.17, 15) is 5.11 Å². The summed E-state index contributed by atoms with van der Waals surface area (Å²) in [6.07, 6.45) is 8.27. The maximum atomic E-state index is 10.1. The minimum absolute atomic E-state index is 0.651. The van der Waals surface area contributed by atoms with E-state index in [4.69, 9.17) is 4.42 Å². The minimum atomic E-state index is -0.845. The molecule has 2 nitrogen and oxygen atoms in total. The third-order valence-electron chi connectivity index (χ3n) is 2.27. The van der Waals surface area contributed by atoms with Gasteiger partial charge in [0.05, 0.1) is 6.26 Å². The standard InChI is InChI=1S/C10H12O2/c11-10(6-2-1-3-7-10)9-5-4-8-12-9/h2,4-6,8,11H,1,3,7H2. The van der Waals surface area contributed by atoms with Crippen LogP contribution in [0.5, 0.6) is 0 Å². The topological polar surface area (TPSA) is 33.4 Å².